The summed E-state index contributed by atoms with van der Waals surface area (Å²) < 4.78 is 0.735. The van der Waals surface area contributed by atoms with Crippen molar-refractivity contribution in [3.8, 4) is 0 Å². The Morgan fingerprint density at radius 2 is 1.88 bits per heavy atom. The lowest BCUT2D eigenvalue weighted by Gasteiger charge is -2.20. The van der Waals surface area contributed by atoms with E-state index in [0.29, 0.717) is 16.8 Å². The fourth-order valence-corrected chi connectivity index (χ4v) is 3.13. The average Bonchev–Trinajstić information content (AvgIpc) is 2.78. The SMILES string of the molecule is CN(C)c1ccc(C(=O)CC2(O)C(=O)Nc3ccc(Br)cc32)cc1. The highest BCUT2D eigenvalue weighted by molar-refractivity contribution is 9.10. The van der Waals surface area contributed by atoms with Gasteiger partial charge in [-0.3, -0.25) is 9.59 Å². The molecule has 2 aromatic carbocycles. The molecule has 1 heterocycles. The van der Waals surface area contributed by atoms with Crippen LogP contribution in [0.4, 0.5) is 11.4 Å². The molecule has 1 aliphatic rings. The van der Waals surface area contributed by atoms with Crippen LogP contribution in [0.5, 0.6) is 0 Å². The second-order valence-corrected chi connectivity index (χ2v) is 6.96. The van der Waals surface area contributed by atoms with Crippen LogP contribution in [0.3, 0.4) is 0 Å². The zero-order valence-electron chi connectivity index (χ0n) is 13.3. The zero-order valence-corrected chi connectivity index (χ0v) is 14.9. The van der Waals surface area contributed by atoms with Gasteiger partial charge < -0.3 is 15.3 Å². The van der Waals surface area contributed by atoms with Crippen molar-refractivity contribution in [2.24, 2.45) is 0 Å². The van der Waals surface area contributed by atoms with Crippen molar-refractivity contribution in [2.75, 3.05) is 24.3 Å². The molecule has 1 unspecified atom stereocenters. The van der Waals surface area contributed by atoms with Crippen LogP contribution < -0.4 is 10.2 Å². The summed E-state index contributed by atoms with van der Waals surface area (Å²) in [6.45, 7) is 0. The number of ketones is 1. The van der Waals surface area contributed by atoms with E-state index >= 15 is 0 Å². The lowest BCUT2D eigenvalue weighted by Crippen LogP contribution is -2.36. The number of amides is 1. The number of anilines is 2. The van der Waals surface area contributed by atoms with Gasteiger partial charge in [-0.1, -0.05) is 15.9 Å². The summed E-state index contributed by atoms with van der Waals surface area (Å²) in [5, 5.41) is 13.5. The average molecular weight is 389 g/mol. The first-order chi connectivity index (χ1) is 11.3. The molecule has 5 nitrogen and oxygen atoms in total. The van der Waals surface area contributed by atoms with E-state index in [1.54, 1.807) is 30.3 Å². The standard InChI is InChI=1S/C18H17BrN2O3/c1-21(2)13-6-3-11(4-7-13)16(22)10-18(24)14-9-12(19)5-8-15(14)20-17(18)23/h3-9,24H,10H2,1-2H3,(H,20,23). The molecule has 6 heteroatoms. The van der Waals surface area contributed by atoms with Gasteiger partial charge in [0, 0.05) is 41.1 Å². The minimum absolute atomic E-state index is 0.286. The Balaban J connectivity index is 1.89. The van der Waals surface area contributed by atoms with Crippen molar-refractivity contribution in [1.29, 1.82) is 0 Å². The number of rotatable bonds is 4. The molecular formula is C18H17BrN2O3. The van der Waals surface area contributed by atoms with Crippen molar-refractivity contribution in [3.05, 3.63) is 58.1 Å². The number of fused-ring (bicyclic) bond motifs is 1. The molecule has 24 heavy (non-hydrogen) atoms. The maximum atomic E-state index is 12.6. The number of nitrogens with zero attached hydrogens (tertiary/aromatic N) is 1. The van der Waals surface area contributed by atoms with E-state index in [-0.39, 0.29) is 12.2 Å². The van der Waals surface area contributed by atoms with Crippen molar-refractivity contribution in [2.45, 2.75) is 12.0 Å². The Morgan fingerprint density at radius 1 is 1.21 bits per heavy atom. The number of nitrogens with one attached hydrogen (secondary N) is 1. The molecule has 0 aliphatic carbocycles. The number of halogens is 1. The number of hydrogen-bond acceptors (Lipinski definition) is 4. The highest BCUT2D eigenvalue weighted by Gasteiger charge is 2.46. The van der Waals surface area contributed by atoms with Crippen LogP contribution in [0.15, 0.2) is 46.9 Å². The van der Waals surface area contributed by atoms with E-state index in [4.69, 9.17) is 0 Å². The molecule has 0 spiro atoms. The minimum atomic E-state index is -1.85. The molecule has 0 bridgehead atoms. The summed E-state index contributed by atoms with van der Waals surface area (Å²) in [6.07, 6.45) is -0.302. The summed E-state index contributed by atoms with van der Waals surface area (Å²) in [5.74, 6) is -0.861. The third-order valence-electron chi connectivity index (χ3n) is 4.17. The molecule has 0 saturated carbocycles. The molecule has 0 fully saturated rings. The van der Waals surface area contributed by atoms with Crippen LogP contribution in [-0.2, 0) is 10.4 Å². The number of hydrogen-bond donors (Lipinski definition) is 2. The van der Waals surface area contributed by atoms with Gasteiger partial charge >= 0.3 is 0 Å². The van der Waals surface area contributed by atoms with Gasteiger partial charge in [-0.15, -0.1) is 0 Å². The number of benzene rings is 2. The molecule has 0 saturated heterocycles. The van der Waals surface area contributed by atoms with Gasteiger partial charge in [0.05, 0.1) is 6.42 Å². The fourth-order valence-electron chi connectivity index (χ4n) is 2.77. The first kappa shape index (κ1) is 16.7. The van der Waals surface area contributed by atoms with Crippen LogP contribution in [0.25, 0.3) is 0 Å². The second-order valence-electron chi connectivity index (χ2n) is 6.05. The van der Waals surface area contributed by atoms with Crippen LogP contribution >= 0.6 is 15.9 Å². The van der Waals surface area contributed by atoms with Gasteiger partial charge in [-0.25, -0.2) is 0 Å². The topological polar surface area (TPSA) is 69.6 Å². The molecule has 1 amide bonds. The third kappa shape index (κ3) is 2.83. The third-order valence-corrected chi connectivity index (χ3v) is 4.67. The van der Waals surface area contributed by atoms with E-state index in [1.165, 1.54) is 0 Å². The lowest BCUT2D eigenvalue weighted by molar-refractivity contribution is -0.133. The van der Waals surface area contributed by atoms with Crippen LogP contribution in [-0.4, -0.2) is 30.9 Å². The van der Waals surface area contributed by atoms with Gasteiger partial charge in [0.25, 0.3) is 5.91 Å². The van der Waals surface area contributed by atoms with E-state index in [1.807, 2.05) is 31.1 Å². The Labute approximate surface area is 148 Å². The molecule has 1 atom stereocenters. The van der Waals surface area contributed by atoms with Gasteiger partial charge in [-0.05, 0) is 42.5 Å². The fraction of sp³-hybridized carbons (Fsp3) is 0.222. The van der Waals surface area contributed by atoms with E-state index in [0.717, 1.165) is 10.2 Å². The predicted octanol–water partition coefficient (Wildman–Crippen LogP) is 2.93. The summed E-state index contributed by atoms with van der Waals surface area (Å²) >= 11 is 3.33. The van der Waals surface area contributed by atoms with Crippen molar-refractivity contribution in [3.63, 3.8) is 0 Å². The van der Waals surface area contributed by atoms with Gasteiger partial charge in [0.1, 0.15) is 0 Å². The quantitative estimate of drug-likeness (QED) is 0.790. The molecule has 2 aromatic rings. The number of Topliss-reactive ketones (excluding diaryl/α,β-unsaturated/α-hetero) is 1. The maximum absolute atomic E-state index is 12.6. The zero-order chi connectivity index (χ0) is 17.5. The minimum Gasteiger partial charge on any atom is -0.378 e. The van der Waals surface area contributed by atoms with Gasteiger partial charge in [0.15, 0.2) is 11.4 Å². The molecule has 2 N–H and O–H groups in total. The van der Waals surface area contributed by atoms with Crippen molar-refractivity contribution < 1.29 is 14.7 Å². The van der Waals surface area contributed by atoms with Gasteiger partial charge in [-0.2, -0.15) is 0 Å². The van der Waals surface area contributed by atoms with Crippen molar-refractivity contribution in [1.82, 2.24) is 0 Å². The molecule has 3 rings (SSSR count). The number of carbonyl (C=O) groups is 2. The van der Waals surface area contributed by atoms with E-state index in [9.17, 15) is 14.7 Å². The highest BCUT2D eigenvalue weighted by Crippen LogP contribution is 2.40. The Morgan fingerprint density at radius 3 is 2.50 bits per heavy atom. The Hall–Kier alpha value is -2.18. The number of carbonyl (C=O) groups excluding carboxylic acids is 2. The summed E-state index contributed by atoms with van der Waals surface area (Å²) in [4.78, 5) is 26.7. The summed E-state index contributed by atoms with van der Waals surface area (Å²) in [5.41, 5.74) is 0.529. The molecule has 1 aliphatic heterocycles. The largest absolute Gasteiger partial charge is 0.378 e. The highest BCUT2D eigenvalue weighted by atomic mass is 79.9. The van der Waals surface area contributed by atoms with Crippen LogP contribution in [0, 0.1) is 0 Å². The number of aliphatic hydroxyl groups is 1. The molecular weight excluding hydrogens is 372 g/mol. The Bertz CT molecular complexity index is 818. The van der Waals surface area contributed by atoms with Crippen molar-refractivity contribution >= 4 is 39.0 Å². The first-order valence-electron chi connectivity index (χ1n) is 7.46. The molecule has 0 radical (unpaired) electrons. The first-order valence-corrected chi connectivity index (χ1v) is 8.25. The summed E-state index contributed by atoms with van der Waals surface area (Å²) in [6, 6.07) is 12.2. The van der Waals surface area contributed by atoms with Gasteiger partial charge in [0.2, 0.25) is 0 Å². The van der Waals surface area contributed by atoms with E-state index < -0.39 is 11.5 Å². The predicted molar refractivity (Wildman–Crippen MR) is 96.4 cm³/mol. The molecule has 124 valence electrons. The smallest absolute Gasteiger partial charge is 0.261 e. The van der Waals surface area contributed by atoms with Crippen LogP contribution in [0.1, 0.15) is 22.3 Å². The lowest BCUT2D eigenvalue weighted by atomic mass is 9.88. The maximum Gasteiger partial charge on any atom is 0.261 e. The van der Waals surface area contributed by atoms with E-state index in [2.05, 4.69) is 21.2 Å². The van der Waals surface area contributed by atoms with Crippen LogP contribution in [0.2, 0.25) is 0 Å². The normalized spacial score (nSPS) is 18.9. The summed E-state index contributed by atoms with van der Waals surface area (Å²) in [7, 11) is 3.83. The second kappa shape index (κ2) is 6.03. The molecule has 0 aromatic heterocycles. The monoisotopic (exact) mass is 388 g/mol. The Kier molecular flexibility index (Phi) is 4.19.